The number of halogens is 1. The van der Waals surface area contributed by atoms with Crippen LogP contribution in [0.3, 0.4) is 0 Å². The predicted molar refractivity (Wildman–Crippen MR) is 69.7 cm³/mol. The van der Waals surface area contributed by atoms with Crippen molar-refractivity contribution in [3.05, 3.63) is 29.6 Å². The van der Waals surface area contributed by atoms with E-state index in [1.54, 1.807) is 0 Å². The topological polar surface area (TPSA) is 78.9 Å². The number of carbonyl (C=O) groups excluding carboxylic acids is 1. The van der Waals surface area contributed by atoms with Crippen molar-refractivity contribution < 1.29 is 9.18 Å². The van der Waals surface area contributed by atoms with Crippen LogP contribution in [-0.4, -0.2) is 11.9 Å². The lowest BCUT2D eigenvalue weighted by Crippen LogP contribution is -2.44. The van der Waals surface area contributed by atoms with E-state index in [0.717, 1.165) is 25.3 Å². The molecule has 100 valence electrons. The Labute approximate surface area is 111 Å². The minimum atomic E-state index is -0.624. The highest BCUT2D eigenvalue weighted by molar-refractivity contribution is 5.96. The summed E-state index contributed by atoms with van der Waals surface area (Å²) in [6.45, 7) is 1.83. The molecule has 5 heteroatoms. The fourth-order valence-corrected chi connectivity index (χ4v) is 2.46. The van der Waals surface area contributed by atoms with Crippen molar-refractivity contribution in [1.29, 1.82) is 5.26 Å². The second kappa shape index (κ2) is 4.98. The lowest BCUT2D eigenvalue weighted by Gasteiger charge is -2.27. The maximum atomic E-state index is 13.0. The zero-order valence-electron chi connectivity index (χ0n) is 10.7. The zero-order valence-corrected chi connectivity index (χ0v) is 10.7. The predicted octanol–water partition coefficient (Wildman–Crippen LogP) is 2.15. The van der Waals surface area contributed by atoms with Crippen LogP contribution in [-0.2, 0) is 4.79 Å². The van der Waals surface area contributed by atoms with Gasteiger partial charge in [0.2, 0.25) is 5.91 Å². The number of benzene rings is 1. The van der Waals surface area contributed by atoms with E-state index in [-0.39, 0.29) is 17.5 Å². The van der Waals surface area contributed by atoms with Gasteiger partial charge in [-0.25, -0.2) is 4.39 Å². The second-order valence-corrected chi connectivity index (χ2v) is 5.17. The number of rotatable bonds is 2. The number of hydrogen-bond acceptors (Lipinski definition) is 3. The van der Waals surface area contributed by atoms with E-state index < -0.39 is 11.2 Å². The molecule has 2 rings (SSSR count). The first kappa shape index (κ1) is 13.5. The normalized spacial score (nSPS) is 25.9. The van der Waals surface area contributed by atoms with Crippen LogP contribution < -0.4 is 11.1 Å². The molecule has 1 fully saturated rings. The van der Waals surface area contributed by atoms with Crippen molar-refractivity contribution in [2.45, 2.75) is 32.2 Å². The van der Waals surface area contributed by atoms with E-state index in [9.17, 15) is 9.18 Å². The SMILES string of the molecule is CC1(C(=O)Nc2ccc(F)cc2C#N)CCCC1N. The summed E-state index contributed by atoms with van der Waals surface area (Å²) in [5.41, 5.74) is 5.80. The first-order chi connectivity index (χ1) is 8.97. The van der Waals surface area contributed by atoms with E-state index in [1.807, 2.05) is 13.0 Å². The van der Waals surface area contributed by atoms with Crippen molar-refractivity contribution in [3.63, 3.8) is 0 Å². The molecule has 4 nitrogen and oxygen atoms in total. The molecule has 1 aliphatic carbocycles. The van der Waals surface area contributed by atoms with Gasteiger partial charge in [0.05, 0.1) is 16.7 Å². The Morgan fingerprint density at radius 1 is 1.63 bits per heavy atom. The molecular weight excluding hydrogens is 245 g/mol. The molecule has 0 saturated heterocycles. The van der Waals surface area contributed by atoms with Crippen LogP contribution in [0.15, 0.2) is 18.2 Å². The van der Waals surface area contributed by atoms with Gasteiger partial charge in [0.1, 0.15) is 11.9 Å². The summed E-state index contributed by atoms with van der Waals surface area (Å²) < 4.78 is 13.0. The molecule has 0 aliphatic heterocycles. The summed E-state index contributed by atoms with van der Waals surface area (Å²) in [7, 11) is 0. The average molecular weight is 261 g/mol. The highest BCUT2D eigenvalue weighted by atomic mass is 19.1. The molecule has 1 aliphatic rings. The van der Waals surface area contributed by atoms with Crippen LogP contribution in [0.4, 0.5) is 10.1 Å². The van der Waals surface area contributed by atoms with Gasteiger partial charge >= 0.3 is 0 Å². The third kappa shape index (κ3) is 2.45. The van der Waals surface area contributed by atoms with Gasteiger partial charge in [-0.05, 0) is 38.0 Å². The Morgan fingerprint density at radius 2 is 2.37 bits per heavy atom. The summed E-state index contributed by atoms with van der Waals surface area (Å²) in [5, 5.41) is 11.6. The van der Waals surface area contributed by atoms with E-state index in [1.165, 1.54) is 12.1 Å². The summed E-state index contributed by atoms with van der Waals surface area (Å²) in [6.07, 6.45) is 2.46. The molecule has 2 atom stereocenters. The van der Waals surface area contributed by atoms with Crippen molar-refractivity contribution in [1.82, 2.24) is 0 Å². The Balaban J connectivity index is 2.22. The lowest BCUT2D eigenvalue weighted by atomic mass is 9.84. The van der Waals surface area contributed by atoms with E-state index in [4.69, 9.17) is 11.0 Å². The monoisotopic (exact) mass is 261 g/mol. The number of nitrogens with two attached hydrogens (primary N) is 1. The Bertz CT molecular complexity index is 552. The number of carbonyl (C=O) groups is 1. The minimum absolute atomic E-state index is 0.114. The third-order valence-corrected chi connectivity index (χ3v) is 3.90. The molecule has 0 spiro atoms. The summed E-state index contributed by atoms with van der Waals surface area (Å²) in [6, 6.07) is 5.41. The summed E-state index contributed by atoms with van der Waals surface area (Å²) in [4.78, 5) is 12.3. The molecule has 0 bridgehead atoms. The zero-order chi connectivity index (χ0) is 14.0. The van der Waals surface area contributed by atoms with Crippen LogP contribution in [0, 0.1) is 22.6 Å². The molecule has 1 amide bonds. The number of anilines is 1. The van der Waals surface area contributed by atoms with Gasteiger partial charge in [0.15, 0.2) is 0 Å². The molecule has 1 saturated carbocycles. The minimum Gasteiger partial charge on any atom is -0.327 e. The summed E-state index contributed by atoms with van der Waals surface area (Å²) in [5.74, 6) is -0.709. The maximum absolute atomic E-state index is 13.0. The van der Waals surface area contributed by atoms with E-state index in [2.05, 4.69) is 5.32 Å². The average Bonchev–Trinajstić information content (AvgIpc) is 2.73. The molecule has 3 N–H and O–H groups in total. The molecule has 2 unspecified atom stereocenters. The molecule has 0 aromatic heterocycles. The highest BCUT2D eigenvalue weighted by Gasteiger charge is 2.43. The number of amides is 1. The standard InChI is InChI=1S/C14H16FN3O/c1-14(6-2-3-12(14)17)13(19)18-11-5-4-10(15)7-9(11)8-16/h4-5,7,12H,2-3,6,17H2,1H3,(H,18,19). The third-order valence-electron chi connectivity index (χ3n) is 3.90. The molecular formula is C14H16FN3O. The van der Waals surface area contributed by atoms with Crippen molar-refractivity contribution in [2.75, 3.05) is 5.32 Å². The van der Waals surface area contributed by atoms with Crippen LogP contribution in [0.2, 0.25) is 0 Å². The largest absolute Gasteiger partial charge is 0.327 e. The van der Waals surface area contributed by atoms with Gasteiger partial charge in [-0.2, -0.15) is 5.26 Å². The molecule has 1 aromatic rings. The van der Waals surface area contributed by atoms with Gasteiger partial charge in [0, 0.05) is 6.04 Å². The van der Waals surface area contributed by atoms with Gasteiger partial charge in [-0.3, -0.25) is 4.79 Å². The first-order valence-electron chi connectivity index (χ1n) is 6.24. The Kier molecular flexibility index (Phi) is 3.54. The van der Waals surface area contributed by atoms with Crippen LogP contribution >= 0.6 is 0 Å². The Hall–Kier alpha value is -1.93. The molecule has 0 heterocycles. The van der Waals surface area contributed by atoms with Crippen molar-refractivity contribution >= 4 is 11.6 Å². The smallest absolute Gasteiger partial charge is 0.231 e. The quantitative estimate of drug-likeness (QED) is 0.856. The van der Waals surface area contributed by atoms with Crippen molar-refractivity contribution in [3.8, 4) is 6.07 Å². The van der Waals surface area contributed by atoms with Crippen LogP contribution in [0.5, 0.6) is 0 Å². The van der Waals surface area contributed by atoms with Gasteiger partial charge in [-0.1, -0.05) is 6.42 Å². The number of nitrogens with zero attached hydrogens (tertiary/aromatic N) is 1. The lowest BCUT2D eigenvalue weighted by molar-refractivity contribution is -0.125. The molecule has 0 radical (unpaired) electrons. The van der Waals surface area contributed by atoms with E-state index >= 15 is 0 Å². The number of nitriles is 1. The fraction of sp³-hybridized carbons (Fsp3) is 0.429. The van der Waals surface area contributed by atoms with Gasteiger partial charge in [-0.15, -0.1) is 0 Å². The maximum Gasteiger partial charge on any atom is 0.231 e. The van der Waals surface area contributed by atoms with Crippen LogP contribution in [0.1, 0.15) is 31.7 Å². The first-order valence-corrected chi connectivity index (χ1v) is 6.24. The fourth-order valence-electron chi connectivity index (χ4n) is 2.46. The van der Waals surface area contributed by atoms with Gasteiger partial charge in [0.25, 0.3) is 0 Å². The highest BCUT2D eigenvalue weighted by Crippen LogP contribution is 2.37. The summed E-state index contributed by atoms with van der Waals surface area (Å²) >= 11 is 0. The van der Waals surface area contributed by atoms with E-state index in [0.29, 0.717) is 5.69 Å². The van der Waals surface area contributed by atoms with Crippen molar-refractivity contribution in [2.24, 2.45) is 11.1 Å². The number of hydrogen-bond donors (Lipinski definition) is 2. The van der Waals surface area contributed by atoms with Crippen LogP contribution in [0.25, 0.3) is 0 Å². The van der Waals surface area contributed by atoms with Gasteiger partial charge < -0.3 is 11.1 Å². The molecule has 19 heavy (non-hydrogen) atoms. The Morgan fingerprint density at radius 3 is 2.95 bits per heavy atom. The second-order valence-electron chi connectivity index (χ2n) is 5.17. The molecule has 1 aromatic carbocycles. The number of nitrogens with one attached hydrogen (secondary N) is 1.